The van der Waals surface area contributed by atoms with Crippen LogP contribution in [0.4, 0.5) is 13.2 Å². The zero-order valence-electron chi connectivity index (χ0n) is 12.6. The molecule has 0 aliphatic rings. The molecular formula is C14H14F3N3OS2. The quantitative estimate of drug-likeness (QED) is 0.773. The van der Waals surface area contributed by atoms with Gasteiger partial charge in [0.2, 0.25) is 0 Å². The van der Waals surface area contributed by atoms with Crippen LogP contribution in [0.5, 0.6) is 0 Å². The molecule has 2 aromatic rings. The summed E-state index contributed by atoms with van der Waals surface area (Å²) in [6, 6.07) is 2.24. The summed E-state index contributed by atoms with van der Waals surface area (Å²) in [5.41, 5.74) is -0.459. The Hall–Kier alpha value is -1.61. The lowest BCUT2D eigenvalue weighted by Gasteiger charge is -2.12. The molecule has 0 aromatic carbocycles. The van der Waals surface area contributed by atoms with Crippen LogP contribution in [0.1, 0.15) is 31.3 Å². The third-order valence-corrected chi connectivity index (χ3v) is 4.95. The Bertz CT molecular complexity index is 731. The maximum absolute atomic E-state index is 12.5. The first kappa shape index (κ1) is 17.7. The van der Waals surface area contributed by atoms with Crippen molar-refractivity contribution in [3.63, 3.8) is 0 Å². The van der Waals surface area contributed by atoms with Gasteiger partial charge in [-0.1, -0.05) is 0 Å². The number of thiazole rings is 1. The number of hydrogen-bond donors (Lipinski definition) is 0. The Morgan fingerprint density at radius 2 is 1.87 bits per heavy atom. The van der Waals surface area contributed by atoms with Gasteiger partial charge in [-0.3, -0.25) is 4.98 Å². The van der Waals surface area contributed by atoms with Crippen molar-refractivity contribution in [3.8, 4) is 10.6 Å². The number of aromatic nitrogens is 2. The number of halogens is 3. The fourth-order valence-corrected chi connectivity index (χ4v) is 2.80. The molecule has 0 saturated heterocycles. The Balaban J connectivity index is 2.16. The van der Waals surface area contributed by atoms with Crippen LogP contribution in [0, 0.1) is 0 Å². The number of hydrogen-bond acceptors (Lipinski definition) is 4. The first-order valence-electron chi connectivity index (χ1n) is 6.53. The third kappa shape index (κ3) is 4.68. The zero-order chi connectivity index (χ0) is 17.3. The van der Waals surface area contributed by atoms with E-state index in [4.69, 9.17) is 0 Å². The van der Waals surface area contributed by atoms with E-state index in [2.05, 4.69) is 14.4 Å². The number of pyridine rings is 1. The molecule has 23 heavy (non-hydrogen) atoms. The van der Waals surface area contributed by atoms with E-state index in [1.807, 2.05) is 20.8 Å². The van der Waals surface area contributed by atoms with Gasteiger partial charge in [-0.25, -0.2) is 9.19 Å². The van der Waals surface area contributed by atoms with Crippen molar-refractivity contribution in [2.75, 3.05) is 0 Å². The Morgan fingerprint density at radius 1 is 1.17 bits per heavy atom. The lowest BCUT2D eigenvalue weighted by Crippen LogP contribution is -2.19. The summed E-state index contributed by atoms with van der Waals surface area (Å²) in [5.74, 6) is 0. The molecule has 0 amide bonds. The van der Waals surface area contributed by atoms with E-state index in [9.17, 15) is 17.4 Å². The molecule has 0 aliphatic carbocycles. The first-order chi connectivity index (χ1) is 10.6. The van der Waals surface area contributed by atoms with Crippen LogP contribution in [-0.4, -0.2) is 25.1 Å². The molecule has 0 spiro atoms. The summed E-state index contributed by atoms with van der Waals surface area (Å²) in [6.07, 6.45) is -0.340. The van der Waals surface area contributed by atoms with Gasteiger partial charge >= 0.3 is 6.18 Å². The van der Waals surface area contributed by atoms with E-state index in [0.717, 1.165) is 12.3 Å². The van der Waals surface area contributed by atoms with Crippen molar-refractivity contribution in [2.24, 2.45) is 4.40 Å². The average Bonchev–Trinajstić information content (AvgIpc) is 2.91. The fraction of sp³-hybridized carbons (Fsp3) is 0.357. The molecule has 4 nitrogen and oxygen atoms in total. The van der Waals surface area contributed by atoms with Crippen LogP contribution in [0.15, 0.2) is 28.9 Å². The monoisotopic (exact) mass is 361 g/mol. The molecule has 0 N–H and O–H groups in total. The lowest BCUT2D eigenvalue weighted by atomic mass is 10.2. The van der Waals surface area contributed by atoms with Crippen molar-refractivity contribution in [2.45, 2.75) is 31.7 Å². The minimum atomic E-state index is -4.46. The van der Waals surface area contributed by atoms with Gasteiger partial charge in [0.05, 0.1) is 15.8 Å². The van der Waals surface area contributed by atoms with Crippen LogP contribution in [0.25, 0.3) is 10.6 Å². The van der Waals surface area contributed by atoms with Crippen LogP contribution in [0.3, 0.4) is 0 Å². The van der Waals surface area contributed by atoms with E-state index < -0.39 is 27.6 Å². The summed E-state index contributed by atoms with van der Waals surface area (Å²) in [6.45, 7) is 5.44. The first-order valence-corrected chi connectivity index (χ1v) is 8.45. The molecule has 9 heteroatoms. The van der Waals surface area contributed by atoms with E-state index in [1.54, 1.807) is 0 Å². The van der Waals surface area contributed by atoms with Gasteiger partial charge in [0.1, 0.15) is 21.7 Å². The molecule has 2 heterocycles. The smallest absolute Gasteiger partial charge is 0.251 e. The minimum absolute atomic E-state index is 0.457. The standard InChI is InChI=1S/C14H14F3N3OS2/c1-13(2,3)23(21)20-8-10-7-19-12(22-10)9-4-5-11(18-6-9)14(15,16)17/h4-8H,1-3H3/t23-/m1/s1. The molecule has 0 saturated carbocycles. The molecule has 0 unspecified atom stereocenters. The Labute approximate surface area is 138 Å². The number of rotatable bonds is 3. The summed E-state index contributed by atoms with van der Waals surface area (Å²) in [5, 5.41) is 0.522. The van der Waals surface area contributed by atoms with Gasteiger partial charge in [-0.05, 0) is 32.9 Å². The van der Waals surface area contributed by atoms with Gasteiger partial charge < -0.3 is 0 Å². The molecule has 0 aliphatic heterocycles. The highest BCUT2D eigenvalue weighted by atomic mass is 32.2. The van der Waals surface area contributed by atoms with Crippen LogP contribution < -0.4 is 0 Å². The Morgan fingerprint density at radius 3 is 2.39 bits per heavy atom. The van der Waals surface area contributed by atoms with Crippen LogP contribution in [-0.2, 0) is 17.2 Å². The molecule has 0 radical (unpaired) electrons. The van der Waals surface area contributed by atoms with E-state index >= 15 is 0 Å². The highest BCUT2D eigenvalue weighted by Crippen LogP contribution is 2.30. The normalized spacial score (nSPS) is 14.3. The molecule has 124 valence electrons. The zero-order valence-corrected chi connectivity index (χ0v) is 14.2. The van der Waals surface area contributed by atoms with Crippen molar-refractivity contribution in [1.29, 1.82) is 0 Å². The predicted molar refractivity (Wildman–Crippen MR) is 85.8 cm³/mol. The van der Waals surface area contributed by atoms with E-state index in [-0.39, 0.29) is 0 Å². The minimum Gasteiger partial charge on any atom is -0.251 e. The topological polar surface area (TPSA) is 55.2 Å². The molecular weight excluding hydrogens is 347 g/mol. The molecule has 2 aromatic heterocycles. The molecule has 0 bridgehead atoms. The second-order valence-electron chi connectivity index (χ2n) is 5.59. The average molecular weight is 361 g/mol. The second-order valence-corrected chi connectivity index (χ2v) is 8.59. The van der Waals surface area contributed by atoms with Gasteiger partial charge in [-0.2, -0.15) is 17.6 Å². The predicted octanol–water partition coefficient (Wildman–Crippen LogP) is 4.11. The maximum atomic E-state index is 12.5. The van der Waals surface area contributed by atoms with E-state index in [1.165, 1.54) is 29.8 Å². The van der Waals surface area contributed by atoms with Gasteiger partial charge in [0.25, 0.3) is 0 Å². The molecule has 1 atom stereocenters. The van der Waals surface area contributed by atoms with Crippen molar-refractivity contribution < 1.29 is 17.4 Å². The van der Waals surface area contributed by atoms with Crippen molar-refractivity contribution in [1.82, 2.24) is 9.97 Å². The maximum Gasteiger partial charge on any atom is 0.433 e. The summed E-state index contributed by atoms with van der Waals surface area (Å²) >= 11 is 1.24. The van der Waals surface area contributed by atoms with Crippen LogP contribution in [0.2, 0.25) is 0 Å². The largest absolute Gasteiger partial charge is 0.433 e. The SMILES string of the molecule is CC(C)(C)[S@@](=O)N=Cc1cnc(-c2ccc(C(F)(F)F)nc2)s1. The number of alkyl halides is 3. The number of nitrogens with zero attached hydrogens (tertiary/aromatic N) is 3. The van der Waals surface area contributed by atoms with E-state index in [0.29, 0.717) is 15.4 Å². The fourth-order valence-electron chi connectivity index (χ4n) is 1.43. The van der Waals surface area contributed by atoms with Gasteiger partial charge in [-0.15, -0.1) is 11.3 Å². The van der Waals surface area contributed by atoms with Crippen molar-refractivity contribution >= 4 is 28.5 Å². The van der Waals surface area contributed by atoms with Gasteiger partial charge in [0, 0.05) is 18.0 Å². The van der Waals surface area contributed by atoms with Crippen LogP contribution >= 0.6 is 11.3 Å². The third-order valence-electron chi connectivity index (χ3n) is 2.62. The summed E-state index contributed by atoms with van der Waals surface area (Å²) in [4.78, 5) is 8.19. The Kier molecular flexibility index (Phi) is 5.00. The highest BCUT2D eigenvalue weighted by molar-refractivity contribution is 7.85. The molecule has 0 fully saturated rings. The summed E-state index contributed by atoms with van der Waals surface area (Å²) in [7, 11) is -1.38. The van der Waals surface area contributed by atoms with Crippen molar-refractivity contribution in [3.05, 3.63) is 35.1 Å². The second kappa shape index (κ2) is 6.48. The summed E-state index contributed by atoms with van der Waals surface area (Å²) < 4.78 is 52.8. The van der Waals surface area contributed by atoms with Gasteiger partial charge in [0.15, 0.2) is 0 Å². The molecule has 2 rings (SSSR count). The lowest BCUT2D eigenvalue weighted by molar-refractivity contribution is -0.141. The highest BCUT2D eigenvalue weighted by Gasteiger charge is 2.32.